The van der Waals surface area contributed by atoms with Crippen LogP contribution < -0.4 is 0 Å². The Labute approximate surface area is 98.3 Å². The first kappa shape index (κ1) is 10.1. The molecule has 1 heterocycles. The van der Waals surface area contributed by atoms with E-state index < -0.39 is 0 Å². The van der Waals surface area contributed by atoms with E-state index in [0.717, 1.165) is 22.2 Å². The van der Waals surface area contributed by atoms with Crippen LogP contribution in [0.25, 0.3) is 22.6 Å². The minimum Gasteiger partial charge on any atom is -0.436 e. The Bertz CT molecular complexity index is 625. The van der Waals surface area contributed by atoms with Gasteiger partial charge in [0.05, 0.1) is 6.61 Å². The molecule has 0 saturated heterocycles. The van der Waals surface area contributed by atoms with Crippen molar-refractivity contribution in [3.8, 4) is 11.5 Å². The van der Waals surface area contributed by atoms with Crippen molar-refractivity contribution in [3.63, 3.8) is 0 Å². The Hall–Kier alpha value is -2.13. The van der Waals surface area contributed by atoms with Crippen LogP contribution in [0.15, 0.2) is 52.9 Å². The van der Waals surface area contributed by atoms with Gasteiger partial charge in [0.15, 0.2) is 5.58 Å². The van der Waals surface area contributed by atoms with Crippen LogP contribution in [-0.2, 0) is 6.61 Å². The minimum atomic E-state index is 0.0219. The zero-order chi connectivity index (χ0) is 11.7. The summed E-state index contributed by atoms with van der Waals surface area (Å²) in [7, 11) is 0. The third-order valence-corrected chi connectivity index (χ3v) is 2.65. The van der Waals surface area contributed by atoms with E-state index in [4.69, 9.17) is 9.52 Å². The van der Waals surface area contributed by atoms with Crippen LogP contribution in [-0.4, -0.2) is 10.1 Å². The summed E-state index contributed by atoms with van der Waals surface area (Å²) in [6, 6.07) is 15.2. The molecule has 17 heavy (non-hydrogen) atoms. The van der Waals surface area contributed by atoms with Gasteiger partial charge >= 0.3 is 0 Å². The van der Waals surface area contributed by atoms with Crippen LogP contribution in [0.4, 0.5) is 0 Å². The smallest absolute Gasteiger partial charge is 0.227 e. The van der Waals surface area contributed by atoms with E-state index in [0.29, 0.717) is 5.89 Å². The number of aliphatic hydroxyl groups excluding tert-OH is 1. The third-order valence-electron chi connectivity index (χ3n) is 2.65. The summed E-state index contributed by atoms with van der Waals surface area (Å²) in [4.78, 5) is 4.41. The number of aromatic nitrogens is 1. The fourth-order valence-corrected chi connectivity index (χ4v) is 1.80. The van der Waals surface area contributed by atoms with Crippen molar-refractivity contribution in [2.45, 2.75) is 6.61 Å². The maximum atomic E-state index is 9.10. The molecular weight excluding hydrogens is 214 g/mol. The lowest BCUT2D eigenvalue weighted by Gasteiger charge is -1.98. The summed E-state index contributed by atoms with van der Waals surface area (Å²) in [5.74, 6) is 0.585. The number of aliphatic hydroxyl groups is 1. The quantitative estimate of drug-likeness (QED) is 0.729. The number of fused-ring (bicyclic) bond motifs is 1. The van der Waals surface area contributed by atoms with E-state index in [-0.39, 0.29) is 6.61 Å². The predicted molar refractivity (Wildman–Crippen MR) is 65.4 cm³/mol. The molecule has 0 amide bonds. The average molecular weight is 225 g/mol. The first-order valence-corrected chi connectivity index (χ1v) is 5.42. The minimum absolute atomic E-state index is 0.0219. The van der Waals surface area contributed by atoms with Crippen molar-refractivity contribution < 1.29 is 9.52 Å². The molecule has 0 radical (unpaired) electrons. The highest BCUT2D eigenvalue weighted by Gasteiger charge is 2.07. The maximum absolute atomic E-state index is 9.10. The standard InChI is InChI=1S/C14H11NO2/c16-9-10-4-3-5-11(8-10)14-15-12-6-1-2-7-13(12)17-14/h1-8,16H,9H2. The number of hydrogen-bond donors (Lipinski definition) is 1. The molecule has 3 rings (SSSR count). The molecule has 0 saturated carbocycles. The SMILES string of the molecule is OCc1cccc(-c2nc3ccccc3o2)c1. The van der Waals surface area contributed by atoms with Crippen LogP contribution >= 0.6 is 0 Å². The molecule has 0 aliphatic carbocycles. The van der Waals surface area contributed by atoms with Gasteiger partial charge in [0, 0.05) is 5.56 Å². The fourth-order valence-electron chi connectivity index (χ4n) is 1.80. The lowest BCUT2D eigenvalue weighted by atomic mass is 10.1. The van der Waals surface area contributed by atoms with Gasteiger partial charge in [-0.25, -0.2) is 4.98 Å². The first-order valence-electron chi connectivity index (χ1n) is 5.42. The van der Waals surface area contributed by atoms with Crippen LogP contribution in [0.5, 0.6) is 0 Å². The largest absolute Gasteiger partial charge is 0.436 e. The maximum Gasteiger partial charge on any atom is 0.227 e. The molecule has 0 aliphatic heterocycles. The molecule has 3 heteroatoms. The van der Waals surface area contributed by atoms with Crippen molar-refractivity contribution in [1.82, 2.24) is 4.98 Å². The van der Waals surface area contributed by atoms with Gasteiger partial charge in [-0.2, -0.15) is 0 Å². The van der Waals surface area contributed by atoms with Gasteiger partial charge < -0.3 is 9.52 Å². The van der Waals surface area contributed by atoms with Gasteiger partial charge in [-0.1, -0.05) is 24.3 Å². The van der Waals surface area contributed by atoms with Crippen molar-refractivity contribution in [2.75, 3.05) is 0 Å². The summed E-state index contributed by atoms with van der Waals surface area (Å²) < 4.78 is 5.66. The van der Waals surface area contributed by atoms with E-state index in [9.17, 15) is 0 Å². The number of para-hydroxylation sites is 2. The zero-order valence-electron chi connectivity index (χ0n) is 9.13. The van der Waals surface area contributed by atoms with Gasteiger partial charge in [0.1, 0.15) is 5.52 Å². The molecule has 0 unspecified atom stereocenters. The molecule has 84 valence electrons. The second-order valence-corrected chi connectivity index (χ2v) is 3.85. The first-order chi connectivity index (χ1) is 8.36. The summed E-state index contributed by atoms with van der Waals surface area (Å²) in [6.45, 7) is 0.0219. The zero-order valence-corrected chi connectivity index (χ0v) is 9.13. The topological polar surface area (TPSA) is 46.3 Å². The Morgan fingerprint density at radius 2 is 1.94 bits per heavy atom. The lowest BCUT2D eigenvalue weighted by Crippen LogP contribution is -1.84. The van der Waals surface area contributed by atoms with Crippen molar-refractivity contribution in [1.29, 1.82) is 0 Å². The fraction of sp³-hybridized carbons (Fsp3) is 0.0714. The van der Waals surface area contributed by atoms with E-state index >= 15 is 0 Å². The van der Waals surface area contributed by atoms with Crippen LogP contribution in [0, 0.1) is 0 Å². The van der Waals surface area contributed by atoms with E-state index in [1.807, 2.05) is 48.5 Å². The van der Waals surface area contributed by atoms with Gasteiger partial charge in [0.2, 0.25) is 5.89 Å². The van der Waals surface area contributed by atoms with Crippen molar-refractivity contribution in [2.24, 2.45) is 0 Å². The summed E-state index contributed by atoms with van der Waals surface area (Å²) in [6.07, 6.45) is 0. The number of hydrogen-bond acceptors (Lipinski definition) is 3. The Kier molecular flexibility index (Phi) is 2.38. The molecule has 0 atom stereocenters. The van der Waals surface area contributed by atoms with E-state index in [1.54, 1.807) is 0 Å². The van der Waals surface area contributed by atoms with Crippen LogP contribution in [0.3, 0.4) is 0 Å². The molecule has 3 aromatic rings. The van der Waals surface area contributed by atoms with Crippen LogP contribution in [0.1, 0.15) is 5.56 Å². The predicted octanol–water partition coefficient (Wildman–Crippen LogP) is 2.99. The van der Waals surface area contributed by atoms with Gasteiger partial charge in [-0.15, -0.1) is 0 Å². The van der Waals surface area contributed by atoms with Gasteiger partial charge in [-0.3, -0.25) is 0 Å². The highest BCUT2D eigenvalue weighted by atomic mass is 16.3. The summed E-state index contributed by atoms with van der Waals surface area (Å²) in [5.41, 5.74) is 3.35. The highest BCUT2D eigenvalue weighted by molar-refractivity contribution is 5.76. The van der Waals surface area contributed by atoms with Gasteiger partial charge in [-0.05, 0) is 29.8 Å². The monoisotopic (exact) mass is 225 g/mol. The normalized spacial score (nSPS) is 10.9. The number of oxazole rings is 1. The van der Waals surface area contributed by atoms with E-state index in [2.05, 4.69) is 4.98 Å². The Morgan fingerprint density at radius 3 is 2.76 bits per heavy atom. The third kappa shape index (κ3) is 1.81. The summed E-state index contributed by atoms with van der Waals surface area (Å²) >= 11 is 0. The average Bonchev–Trinajstić information content (AvgIpc) is 2.82. The second kappa shape index (κ2) is 4.03. The van der Waals surface area contributed by atoms with Crippen molar-refractivity contribution in [3.05, 3.63) is 54.1 Å². The molecule has 0 aliphatic rings. The molecule has 0 spiro atoms. The Morgan fingerprint density at radius 1 is 1.06 bits per heavy atom. The molecule has 0 bridgehead atoms. The summed E-state index contributed by atoms with van der Waals surface area (Å²) in [5, 5.41) is 9.10. The Balaban J connectivity index is 2.13. The van der Waals surface area contributed by atoms with Crippen LogP contribution in [0.2, 0.25) is 0 Å². The number of benzene rings is 2. The molecule has 1 aromatic heterocycles. The molecule has 3 nitrogen and oxygen atoms in total. The molecule has 1 N–H and O–H groups in total. The molecule has 2 aromatic carbocycles. The molecular formula is C14H11NO2. The van der Waals surface area contributed by atoms with Crippen molar-refractivity contribution >= 4 is 11.1 Å². The number of rotatable bonds is 2. The second-order valence-electron chi connectivity index (χ2n) is 3.85. The molecule has 0 fully saturated rings. The number of nitrogens with zero attached hydrogens (tertiary/aromatic N) is 1. The highest BCUT2D eigenvalue weighted by Crippen LogP contribution is 2.24. The van der Waals surface area contributed by atoms with Gasteiger partial charge in [0.25, 0.3) is 0 Å². The van der Waals surface area contributed by atoms with E-state index in [1.165, 1.54) is 0 Å². The lowest BCUT2D eigenvalue weighted by molar-refractivity contribution is 0.282.